The van der Waals surface area contributed by atoms with Crippen molar-refractivity contribution < 1.29 is 68.2 Å². The molecule has 356 valence electrons. The van der Waals surface area contributed by atoms with Crippen LogP contribution in [0.4, 0.5) is 0 Å². The number of ether oxygens (including phenoxy) is 2. The van der Waals surface area contributed by atoms with Crippen molar-refractivity contribution in [3.8, 4) is 0 Å². The Kier molecular flexibility index (Phi) is 33.8. The van der Waals surface area contributed by atoms with Crippen molar-refractivity contribution >= 4 is 19.8 Å². The number of esters is 2. The lowest BCUT2D eigenvalue weighted by Crippen LogP contribution is -2.64. The largest absolute Gasteiger partial charge is 0.472 e. The van der Waals surface area contributed by atoms with Crippen molar-refractivity contribution in [1.82, 2.24) is 0 Å². The molecule has 0 saturated heterocycles. The summed E-state index contributed by atoms with van der Waals surface area (Å²) in [7, 11) is -5.15. The first kappa shape index (κ1) is 57.3. The van der Waals surface area contributed by atoms with E-state index >= 15 is 0 Å². The van der Waals surface area contributed by atoms with Crippen LogP contribution in [-0.2, 0) is 32.7 Å². The summed E-state index contributed by atoms with van der Waals surface area (Å²) < 4.78 is 33.4. The maximum absolute atomic E-state index is 12.8. The predicted octanol–water partition coefficient (Wildman–Crippen LogP) is 7.69. The fraction of sp³-hybridized carbons (Fsp3) is 0.702. The first-order chi connectivity index (χ1) is 29.8. The molecular weight excluding hydrogens is 819 g/mol. The Morgan fingerprint density at radius 2 is 1.13 bits per heavy atom. The van der Waals surface area contributed by atoms with Gasteiger partial charge in [0.25, 0.3) is 0 Å². The fourth-order valence-corrected chi connectivity index (χ4v) is 7.37. The van der Waals surface area contributed by atoms with Gasteiger partial charge >= 0.3 is 19.8 Å². The predicted molar refractivity (Wildman–Crippen MR) is 241 cm³/mol. The van der Waals surface area contributed by atoms with Crippen LogP contribution in [0.1, 0.15) is 149 Å². The molecule has 1 aliphatic carbocycles. The zero-order valence-electron chi connectivity index (χ0n) is 37.2. The Hall–Kier alpha value is -2.75. The Bertz CT molecular complexity index is 1380. The van der Waals surface area contributed by atoms with Gasteiger partial charge in [0.05, 0.1) is 12.7 Å². The van der Waals surface area contributed by atoms with E-state index in [0.717, 1.165) is 57.8 Å². The van der Waals surface area contributed by atoms with Gasteiger partial charge in [-0.15, -0.1) is 0 Å². The average Bonchev–Trinajstić information content (AvgIpc) is 3.25. The van der Waals surface area contributed by atoms with E-state index in [1.165, 1.54) is 38.5 Å². The van der Waals surface area contributed by atoms with E-state index in [2.05, 4.69) is 37.3 Å². The van der Waals surface area contributed by atoms with E-state index in [0.29, 0.717) is 25.7 Å². The summed E-state index contributed by atoms with van der Waals surface area (Å²) in [5, 5.41) is 60.0. The Labute approximate surface area is 370 Å². The molecule has 1 aliphatic rings. The molecule has 9 atom stereocenters. The molecular formula is C47H79O14P. The quantitative estimate of drug-likeness (QED) is 0.0105. The van der Waals surface area contributed by atoms with E-state index < -0.39 is 81.8 Å². The van der Waals surface area contributed by atoms with E-state index in [4.69, 9.17) is 18.5 Å². The number of aliphatic hydroxyl groups excluding tert-OH is 6. The molecule has 0 aliphatic heterocycles. The number of carbonyl (C=O) groups excluding carboxylic acids is 2. The molecule has 14 nitrogen and oxygen atoms in total. The summed E-state index contributed by atoms with van der Waals surface area (Å²) in [4.78, 5) is 35.7. The summed E-state index contributed by atoms with van der Waals surface area (Å²) in [5.41, 5.74) is 0. The average molecular weight is 899 g/mol. The van der Waals surface area contributed by atoms with Crippen LogP contribution in [0.25, 0.3) is 0 Å². The van der Waals surface area contributed by atoms with Gasteiger partial charge in [-0.1, -0.05) is 138 Å². The van der Waals surface area contributed by atoms with Crippen LogP contribution in [-0.4, -0.2) is 110 Å². The van der Waals surface area contributed by atoms with Crippen molar-refractivity contribution in [1.29, 1.82) is 0 Å². The molecule has 1 fully saturated rings. The van der Waals surface area contributed by atoms with Crippen molar-refractivity contribution in [2.45, 2.75) is 198 Å². The SMILES string of the molecule is CC/C=C/CC(O)/C=C/C=C/CCCCCCCC(=O)OC[C@H](COP(=O)(O)OC1[C@H](O)[C@H](O)C(O)[C@H](O)[C@H]1O)OC(=O)CCC/C=C\C/C=C\C/C=C\CCCCCCCC. The lowest BCUT2D eigenvalue weighted by molar-refractivity contribution is -0.220. The molecule has 0 radical (unpaired) electrons. The molecule has 0 bridgehead atoms. The Morgan fingerprint density at radius 1 is 0.597 bits per heavy atom. The molecule has 0 aromatic carbocycles. The number of phosphoric ester groups is 1. The topological polar surface area (TPSA) is 230 Å². The van der Waals surface area contributed by atoms with E-state index in [-0.39, 0.29) is 12.8 Å². The zero-order valence-corrected chi connectivity index (χ0v) is 38.1. The summed E-state index contributed by atoms with van der Waals surface area (Å²) in [6.45, 7) is 3.00. The Morgan fingerprint density at radius 3 is 1.76 bits per heavy atom. The molecule has 0 spiro atoms. The fourth-order valence-electron chi connectivity index (χ4n) is 6.40. The van der Waals surface area contributed by atoms with Crippen LogP contribution < -0.4 is 0 Å². The van der Waals surface area contributed by atoms with Gasteiger partial charge in [-0.3, -0.25) is 18.6 Å². The highest BCUT2D eigenvalue weighted by Crippen LogP contribution is 2.47. The van der Waals surface area contributed by atoms with Crippen LogP contribution in [0.5, 0.6) is 0 Å². The van der Waals surface area contributed by atoms with Gasteiger partial charge in [0, 0.05) is 12.8 Å². The van der Waals surface area contributed by atoms with Crippen molar-refractivity contribution in [2.24, 2.45) is 0 Å². The van der Waals surface area contributed by atoms with Gasteiger partial charge in [-0.05, 0) is 70.6 Å². The molecule has 7 N–H and O–H groups in total. The minimum atomic E-state index is -5.15. The van der Waals surface area contributed by atoms with E-state index in [1.54, 1.807) is 6.08 Å². The molecule has 0 aromatic heterocycles. The molecule has 1 rings (SSSR count). The van der Waals surface area contributed by atoms with Crippen LogP contribution in [0.3, 0.4) is 0 Å². The summed E-state index contributed by atoms with van der Waals surface area (Å²) in [6.07, 6.45) is 28.6. The van der Waals surface area contributed by atoms with Crippen LogP contribution in [0.15, 0.2) is 72.9 Å². The van der Waals surface area contributed by atoms with Gasteiger partial charge in [0.15, 0.2) is 6.10 Å². The number of carbonyl (C=O) groups is 2. The smallest absolute Gasteiger partial charge is 0.462 e. The Balaban J connectivity index is 2.54. The maximum Gasteiger partial charge on any atom is 0.472 e. The van der Waals surface area contributed by atoms with Gasteiger partial charge in [0.2, 0.25) is 0 Å². The molecule has 4 unspecified atom stereocenters. The van der Waals surface area contributed by atoms with Crippen molar-refractivity contribution in [3.05, 3.63) is 72.9 Å². The number of allylic oxidation sites excluding steroid dienone is 10. The van der Waals surface area contributed by atoms with Crippen molar-refractivity contribution in [2.75, 3.05) is 13.2 Å². The number of rotatable bonds is 36. The lowest BCUT2D eigenvalue weighted by Gasteiger charge is -2.41. The number of aliphatic hydroxyl groups is 6. The second kappa shape index (κ2) is 36.6. The van der Waals surface area contributed by atoms with Gasteiger partial charge < -0.3 is 45.0 Å². The first-order valence-electron chi connectivity index (χ1n) is 22.8. The highest BCUT2D eigenvalue weighted by atomic mass is 31.2. The van der Waals surface area contributed by atoms with E-state index in [1.807, 2.05) is 43.4 Å². The summed E-state index contributed by atoms with van der Waals surface area (Å²) in [6, 6.07) is 0. The third kappa shape index (κ3) is 28.8. The summed E-state index contributed by atoms with van der Waals surface area (Å²) in [5.74, 6) is -1.22. The third-order valence-corrected chi connectivity index (χ3v) is 11.1. The molecule has 1 saturated carbocycles. The van der Waals surface area contributed by atoms with Gasteiger partial charge in [-0.25, -0.2) is 4.57 Å². The number of hydrogen-bond donors (Lipinski definition) is 7. The van der Waals surface area contributed by atoms with Gasteiger partial charge in [0.1, 0.15) is 43.2 Å². The minimum absolute atomic E-state index is 0.00638. The molecule has 15 heteroatoms. The molecule has 62 heavy (non-hydrogen) atoms. The van der Waals surface area contributed by atoms with Crippen molar-refractivity contribution in [3.63, 3.8) is 0 Å². The zero-order chi connectivity index (χ0) is 45.9. The molecule has 0 aromatic rings. The second-order valence-electron chi connectivity index (χ2n) is 15.7. The second-order valence-corrected chi connectivity index (χ2v) is 17.1. The van der Waals surface area contributed by atoms with Crippen LogP contribution in [0, 0.1) is 0 Å². The normalized spacial score (nSPS) is 23.0. The molecule has 0 amide bonds. The number of unbranched alkanes of at least 4 members (excludes halogenated alkanes) is 12. The standard InChI is InChI=1S/C47H79O14P/c1-3-5-7-8-9-10-11-12-13-14-15-16-17-20-24-27-31-35-41(50)60-39(37-59-62(56,57)61-47-45(54)43(52)42(51)44(53)46(47)55)36-58-40(49)34-30-26-23-21-18-19-22-25-29-33-38(48)32-28-6-4-2/h6,12-13,15-16,20,22,24-25,28-29,33,38-39,42-48,51-55H,3-5,7-11,14,17-19,21,23,26-27,30-32,34-37H2,1-2H3,(H,56,57)/b13-12-,16-15-,24-20-,25-22+,28-6+,33-29+/t38?,39-,42?,43-,44+,45-,46-,47?/m1/s1. The maximum atomic E-state index is 12.8. The van der Waals surface area contributed by atoms with Gasteiger partial charge in [-0.2, -0.15) is 0 Å². The number of hydrogen-bond acceptors (Lipinski definition) is 13. The van der Waals surface area contributed by atoms with Crippen LogP contribution in [0.2, 0.25) is 0 Å². The summed E-state index contributed by atoms with van der Waals surface area (Å²) >= 11 is 0. The first-order valence-corrected chi connectivity index (χ1v) is 24.3. The van der Waals surface area contributed by atoms with Crippen LogP contribution >= 0.6 is 7.82 Å². The lowest BCUT2D eigenvalue weighted by atomic mass is 9.85. The third-order valence-electron chi connectivity index (χ3n) is 10.1. The number of phosphoric acid groups is 1. The monoisotopic (exact) mass is 899 g/mol. The highest BCUT2D eigenvalue weighted by Gasteiger charge is 2.51. The molecule has 0 heterocycles. The minimum Gasteiger partial charge on any atom is -0.462 e. The highest BCUT2D eigenvalue weighted by molar-refractivity contribution is 7.47. The van der Waals surface area contributed by atoms with E-state index in [9.17, 15) is 49.7 Å².